The lowest BCUT2D eigenvalue weighted by Gasteiger charge is -2.11. The van der Waals surface area contributed by atoms with Gasteiger partial charge < -0.3 is 10.6 Å². The number of carbonyl (C=O) groups is 3. The molecule has 0 aromatic heterocycles. The monoisotopic (exact) mass is 420 g/mol. The van der Waals surface area contributed by atoms with Gasteiger partial charge >= 0.3 is 11.8 Å². The highest BCUT2D eigenvalue weighted by Crippen LogP contribution is 2.19. The number of anilines is 2. The van der Waals surface area contributed by atoms with Gasteiger partial charge in [0.1, 0.15) is 0 Å². The molecule has 30 heavy (non-hydrogen) atoms. The quantitative estimate of drug-likeness (QED) is 0.333. The summed E-state index contributed by atoms with van der Waals surface area (Å²) in [7, 11) is 0. The maximum Gasteiger partial charge on any atom is 0.329 e. The molecule has 0 unspecified atom stereocenters. The van der Waals surface area contributed by atoms with Crippen molar-refractivity contribution < 1.29 is 14.4 Å². The molecule has 7 nitrogen and oxygen atoms in total. The first-order valence-corrected chi connectivity index (χ1v) is 9.26. The molecule has 3 N–H and O–H groups in total. The summed E-state index contributed by atoms with van der Waals surface area (Å²) in [5.74, 6) is -2.36. The van der Waals surface area contributed by atoms with Crippen molar-refractivity contribution >= 4 is 46.9 Å². The first kappa shape index (κ1) is 20.8. The number of para-hydroxylation sites is 1. The number of carbonyl (C=O) groups excluding carboxylic acids is 3. The molecule has 3 rings (SSSR count). The zero-order chi connectivity index (χ0) is 21.3. The third-order valence-corrected chi connectivity index (χ3v) is 4.16. The van der Waals surface area contributed by atoms with Crippen molar-refractivity contribution in [3.63, 3.8) is 0 Å². The Kier molecular flexibility index (Phi) is 6.91. The smallest absolute Gasteiger partial charge is 0.322 e. The lowest BCUT2D eigenvalue weighted by molar-refractivity contribution is -0.136. The molecule has 3 aromatic carbocycles. The molecular formula is C22H17ClN4O3. The minimum Gasteiger partial charge on any atom is -0.322 e. The number of benzene rings is 3. The summed E-state index contributed by atoms with van der Waals surface area (Å²) in [6.45, 7) is 0. The van der Waals surface area contributed by atoms with Gasteiger partial charge in [0, 0.05) is 10.7 Å². The van der Waals surface area contributed by atoms with Crippen LogP contribution >= 0.6 is 11.6 Å². The Morgan fingerprint density at radius 2 is 1.43 bits per heavy atom. The van der Waals surface area contributed by atoms with Crippen LogP contribution in [0.2, 0.25) is 5.02 Å². The van der Waals surface area contributed by atoms with Gasteiger partial charge in [-0.3, -0.25) is 14.4 Å². The summed E-state index contributed by atoms with van der Waals surface area (Å²) in [4.78, 5) is 36.8. The summed E-state index contributed by atoms with van der Waals surface area (Å²) in [5, 5.41) is 9.43. The number of halogens is 1. The number of hydrogen-bond donors (Lipinski definition) is 3. The molecule has 0 saturated heterocycles. The number of amides is 3. The Labute approximate surface area is 177 Å². The predicted molar refractivity (Wildman–Crippen MR) is 117 cm³/mol. The van der Waals surface area contributed by atoms with Crippen LogP contribution in [-0.4, -0.2) is 23.9 Å². The predicted octanol–water partition coefficient (Wildman–Crippen LogP) is 3.68. The van der Waals surface area contributed by atoms with Crippen molar-refractivity contribution in [1.82, 2.24) is 5.43 Å². The molecule has 0 aliphatic carbocycles. The molecular weight excluding hydrogens is 404 g/mol. The van der Waals surface area contributed by atoms with E-state index in [1.165, 1.54) is 18.3 Å². The number of nitrogens with one attached hydrogen (secondary N) is 3. The largest absolute Gasteiger partial charge is 0.329 e. The van der Waals surface area contributed by atoms with E-state index in [0.717, 1.165) is 5.56 Å². The maximum atomic E-state index is 12.6. The van der Waals surface area contributed by atoms with Gasteiger partial charge in [-0.1, -0.05) is 54.1 Å². The standard InChI is InChI=1S/C22H17ClN4O3/c23-16-10-12-17(13-11-16)25-20(28)18-8-4-5-9-19(18)26-21(29)22(30)27-24-14-15-6-2-1-3-7-15/h1-14H,(H,25,28)(H,26,29)(H,27,30)/b24-14-. The third kappa shape index (κ3) is 5.76. The molecule has 0 fully saturated rings. The topological polar surface area (TPSA) is 99.7 Å². The van der Waals surface area contributed by atoms with E-state index in [2.05, 4.69) is 21.2 Å². The highest BCUT2D eigenvalue weighted by Gasteiger charge is 2.17. The summed E-state index contributed by atoms with van der Waals surface area (Å²) < 4.78 is 0. The molecule has 3 amide bonds. The van der Waals surface area contributed by atoms with Gasteiger partial charge in [-0.05, 0) is 42.0 Å². The minimum absolute atomic E-state index is 0.191. The summed E-state index contributed by atoms with van der Waals surface area (Å²) >= 11 is 5.84. The number of rotatable bonds is 5. The number of nitrogens with zero attached hydrogens (tertiary/aromatic N) is 1. The summed E-state index contributed by atoms with van der Waals surface area (Å²) in [6, 6.07) is 22.0. The zero-order valence-corrected chi connectivity index (χ0v) is 16.4. The summed E-state index contributed by atoms with van der Waals surface area (Å²) in [6.07, 6.45) is 1.42. The molecule has 0 radical (unpaired) electrons. The number of hydrogen-bond acceptors (Lipinski definition) is 4. The van der Waals surface area contributed by atoms with Crippen molar-refractivity contribution in [3.05, 3.63) is 95.0 Å². The molecule has 8 heteroatoms. The first-order valence-electron chi connectivity index (χ1n) is 8.88. The second-order valence-corrected chi connectivity index (χ2v) is 6.51. The normalized spacial score (nSPS) is 10.4. The van der Waals surface area contributed by atoms with E-state index < -0.39 is 17.7 Å². The van der Waals surface area contributed by atoms with Gasteiger partial charge in [0.2, 0.25) is 0 Å². The second-order valence-electron chi connectivity index (χ2n) is 6.07. The highest BCUT2D eigenvalue weighted by molar-refractivity contribution is 6.40. The van der Waals surface area contributed by atoms with Crippen LogP contribution in [0, 0.1) is 0 Å². The maximum absolute atomic E-state index is 12.6. The van der Waals surface area contributed by atoms with E-state index >= 15 is 0 Å². The van der Waals surface area contributed by atoms with Gasteiger partial charge in [0.25, 0.3) is 5.91 Å². The second kappa shape index (κ2) is 9.99. The van der Waals surface area contributed by atoms with Crippen LogP contribution in [0.5, 0.6) is 0 Å². The van der Waals surface area contributed by atoms with Crippen LogP contribution < -0.4 is 16.1 Å². The Bertz CT molecular complexity index is 1080. The first-order chi connectivity index (χ1) is 14.5. The Balaban J connectivity index is 1.64. The zero-order valence-electron chi connectivity index (χ0n) is 15.6. The van der Waals surface area contributed by atoms with Crippen molar-refractivity contribution in [2.45, 2.75) is 0 Å². The van der Waals surface area contributed by atoms with E-state index in [1.807, 2.05) is 18.2 Å². The van der Waals surface area contributed by atoms with Crippen LogP contribution in [0.3, 0.4) is 0 Å². The Morgan fingerprint density at radius 3 is 2.17 bits per heavy atom. The fraction of sp³-hybridized carbons (Fsp3) is 0. The molecule has 0 bridgehead atoms. The molecule has 3 aromatic rings. The molecule has 0 heterocycles. The van der Waals surface area contributed by atoms with Gasteiger partial charge in [-0.25, -0.2) is 5.43 Å². The lowest BCUT2D eigenvalue weighted by atomic mass is 10.1. The van der Waals surface area contributed by atoms with Crippen molar-refractivity contribution in [2.75, 3.05) is 10.6 Å². The number of hydrazone groups is 1. The Hall–Kier alpha value is -3.97. The van der Waals surface area contributed by atoms with Gasteiger partial charge in [-0.2, -0.15) is 5.10 Å². The lowest BCUT2D eigenvalue weighted by Crippen LogP contribution is -2.33. The van der Waals surface area contributed by atoms with Crippen molar-refractivity contribution in [3.8, 4) is 0 Å². The Morgan fingerprint density at radius 1 is 0.767 bits per heavy atom. The average molecular weight is 421 g/mol. The van der Waals surface area contributed by atoms with Crippen molar-refractivity contribution in [2.24, 2.45) is 5.10 Å². The molecule has 0 aliphatic rings. The minimum atomic E-state index is -0.963. The SMILES string of the molecule is O=C(N/N=C\c1ccccc1)C(=O)Nc1ccccc1C(=O)Nc1ccc(Cl)cc1. The van der Waals surface area contributed by atoms with E-state index in [1.54, 1.807) is 48.5 Å². The van der Waals surface area contributed by atoms with E-state index in [-0.39, 0.29) is 11.3 Å². The average Bonchev–Trinajstić information content (AvgIpc) is 2.76. The molecule has 0 atom stereocenters. The van der Waals surface area contributed by atoms with Gasteiger partial charge in [0.15, 0.2) is 0 Å². The molecule has 150 valence electrons. The van der Waals surface area contributed by atoms with Crippen molar-refractivity contribution in [1.29, 1.82) is 0 Å². The molecule has 0 saturated carbocycles. The third-order valence-electron chi connectivity index (χ3n) is 3.91. The summed E-state index contributed by atoms with van der Waals surface area (Å²) in [5.41, 5.74) is 3.84. The molecule has 0 spiro atoms. The fourth-order valence-corrected chi connectivity index (χ4v) is 2.58. The van der Waals surface area contributed by atoms with E-state index in [0.29, 0.717) is 10.7 Å². The van der Waals surface area contributed by atoms with E-state index in [4.69, 9.17) is 11.6 Å². The van der Waals surface area contributed by atoms with Gasteiger partial charge in [0.05, 0.1) is 17.5 Å². The van der Waals surface area contributed by atoms with E-state index in [9.17, 15) is 14.4 Å². The fourth-order valence-electron chi connectivity index (χ4n) is 2.46. The van der Waals surface area contributed by atoms with Crippen LogP contribution in [-0.2, 0) is 9.59 Å². The van der Waals surface area contributed by atoms with Crippen LogP contribution in [0.15, 0.2) is 84.0 Å². The van der Waals surface area contributed by atoms with Crippen LogP contribution in [0.1, 0.15) is 15.9 Å². The van der Waals surface area contributed by atoms with Gasteiger partial charge in [-0.15, -0.1) is 0 Å². The van der Waals surface area contributed by atoms with Crippen LogP contribution in [0.25, 0.3) is 0 Å². The highest BCUT2D eigenvalue weighted by atomic mass is 35.5. The van der Waals surface area contributed by atoms with Crippen LogP contribution in [0.4, 0.5) is 11.4 Å². The molecule has 0 aliphatic heterocycles.